The first-order valence-electron chi connectivity index (χ1n) is 7.35. The van der Waals surface area contributed by atoms with Crippen molar-refractivity contribution in [3.63, 3.8) is 0 Å². The lowest BCUT2D eigenvalue weighted by molar-refractivity contribution is 0.118. The second-order valence-corrected chi connectivity index (χ2v) is 5.66. The molecule has 1 heterocycles. The predicted octanol–water partition coefficient (Wildman–Crippen LogP) is 1.19. The third-order valence-corrected chi connectivity index (χ3v) is 3.76. The van der Waals surface area contributed by atoms with Crippen molar-refractivity contribution < 1.29 is 4.74 Å². The molecule has 1 aliphatic heterocycles. The van der Waals surface area contributed by atoms with Crippen LogP contribution < -0.4 is 11.1 Å². The Labute approximate surface area is 117 Å². The third kappa shape index (κ3) is 5.78. The first kappa shape index (κ1) is 16.2. The molecule has 1 fully saturated rings. The summed E-state index contributed by atoms with van der Waals surface area (Å²) >= 11 is 0. The van der Waals surface area contributed by atoms with Crippen LogP contribution in [0.2, 0.25) is 0 Å². The van der Waals surface area contributed by atoms with E-state index >= 15 is 0 Å². The number of ether oxygens (including phenoxy) is 1. The summed E-state index contributed by atoms with van der Waals surface area (Å²) in [5.41, 5.74) is 5.88. The van der Waals surface area contributed by atoms with Gasteiger partial charge in [0.05, 0.1) is 13.2 Å². The van der Waals surface area contributed by atoms with Gasteiger partial charge in [-0.1, -0.05) is 6.42 Å². The van der Waals surface area contributed by atoms with E-state index in [1.54, 1.807) is 7.11 Å². The van der Waals surface area contributed by atoms with E-state index in [4.69, 9.17) is 10.5 Å². The highest BCUT2D eigenvalue weighted by Crippen LogP contribution is 2.18. The van der Waals surface area contributed by atoms with Crippen molar-refractivity contribution in [2.24, 2.45) is 10.7 Å². The van der Waals surface area contributed by atoms with E-state index in [9.17, 15) is 0 Å². The number of methoxy groups -OCH3 is 1. The fraction of sp³-hybridized carbons (Fsp3) is 0.929. The molecule has 0 aliphatic carbocycles. The Morgan fingerprint density at radius 2 is 2.21 bits per heavy atom. The van der Waals surface area contributed by atoms with Gasteiger partial charge in [0.15, 0.2) is 5.96 Å². The van der Waals surface area contributed by atoms with Crippen LogP contribution in [0, 0.1) is 0 Å². The second kappa shape index (κ2) is 8.38. The topological polar surface area (TPSA) is 62.9 Å². The van der Waals surface area contributed by atoms with Crippen LogP contribution >= 0.6 is 0 Å². The molecule has 1 rings (SSSR count). The molecule has 19 heavy (non-hydrogen) atoms. The fourth-order valence-corrected chi connectivity index (χ4v) is 2.70. The lowest BCUT2D eigenvalue weighted by Crippen LogP contribution is -2.46. The number of hydrogen-bond acceptors (Lipinski definition) is 3. The number of likely N-dealkylation sites (tertiary alicyclic amines) is 1. The summed E-state index contributed by atoms with van der Waals surface area (Å²) in [6.07, 6.45) is 3.95. The van der Waals surface area contributed by atoms with Crippen molar-refractivity contribution in [3.05, 3.63) is 0 Å². The van der Waals surface area contributed by atoms with Crippen molar-refractivity contribution >= 4 is 5.96 Å². The highest BCUT2D eigenvalue weighted by molar-refractivity contribution is 5.78. The molecule has 0 amide bonds. The van der Waals surface area contributed by atoms with Crippen molar-refractivity contribution in [1.29, 1.82) is 0 Å². The number of nitrogens with zero attached hydrogens (tertiary/aromatic N) is 2. The van der Waals surface area contributed by atoms with E-state index in [0.717, 1.165) is 6.54 Å². The van der Waals surface area contributed by atoms with Crippen LogP contribution in [0.1, 0.15) is 40.0 Å². The zero-order valence-electron chi connectivity index (χ0n) is 12.9. The summed E-state index contributed by atoms with van der Waals surface area (Å²) in [5, 5.41) is 3.13. The number of guanidine groups is 1. The summed E-state index contributed by atoms with van der Waals surface area (Å²) in [6.45, 7) is 9.14. The number of hydrogen-bond donors (Lipinski definition) is 2. The largest absolute Gasteiger partial charge is 0.383 e. The molecule has 1 aliphatic rings. The minimum atomic E-state index is 0.193. The van der Waals surface area contributed by atoms with Crippen LogP contribution in [-0.2, 0) is 4.74 Å². The number of piperidine rings is 1. The molecule has 0 aromatic heterocycles. The molecule has 0 aromatic rings. The molecule has 0 spiro atoms. The van der Waals surface area contributed by atoms with E-state index in [2.05, 4.69) is 29.1 Å². The summed E-state index contributed by atoms with van der Waals surface area (Å²) in [7, 11) is 1.69. The Morgan fingerprint density at radius 3 is 2.84 bits per heavy atom. The van der Waals surface area contributed by atoms with Gasteiger partial charge < -0.3 is 15.8 Å². The Morgan fingerprint density at radius 1 is 1.47 bits per heavy atom. The van der Waals surface area contributed by atoms with Crippen LogP contribution in [0.25, 0.3) is 0 Å². The molecule has 112 valence electrons. The van der Waals surface area contributed by atoms with Gasteiger partial charge in [0, 0.05) is 25.2 Å². The van der Waals surface area contributed by atoms with Crippen molar-refractivity contribution in [2.75, 3.05) is 26.8 Å². The van der Waals surface area contributed by atoms with Crippen LogP contribution in [0.3, 0.4) is 0 Å². The van der Waals surface area contributed by atoms with E-state index in [0.29, 0.717) is 24.7 Å². The van der Waals surface area contributed by atoms with Gasteiger partial charge in [-0.15, -0.1) is 0 Å². The predicted molar refractivity (Wildman–Crippen MR) is 80.4 cm³/mol. The quantitative estimate of drug-likeness (QED) is 0.562. The summed E-state index contributed by atoms with van der Waals surface area (Å²) in [5.74, 6) is 0.515. The van der Waals surface area contributed by atoms with Gasteiger partial charge in [0.1, 0.15) is 0 Å². The molecule has 0 bridgehead atoms. The van der Waals surface area contributed by atoms with Gasteiger partial charge in [0.2, 0.25) is 0 Å². The number of nitrogens with one attached hydrogen (secondary N) is 1. The van der Waals surface area contributed by atoms with E-state index < -0.39 is 0 Å². The molecule has 1 saturated heterocycles. The first-order chi connectivity index (χ1) is 9.04. The van der Waals surface area contributed by atoms with Gasteiger partial charge in [-0.2, -0.15) is 0 Å². The zero-order valence-corrected chi connectivity index (χ0v) is 12.9. The fourth-order valence-electron chi connectivity index (χ4n) is 2.70. The smallest absolute Gasteiger partial charge is 0.188 e. The van der Waals surface area contributed by atoms with E-state index in [-0.39, 0.29) is 6.04 Å². The Kier molecular flexibility index (Phi) is 7.16. The van der Waals surface area contributed by atoms with Crippen LogP contribution in [-0.4, -0.2) is 55.8 Å². The van der Waals surface area contributed by atoms with Gasteiger partial charge in [-0.25, -0.2) is 0 Å². The van der Waals surface area contributed by atoms with E-state index in [1.807, 2.05) is 6.92 Å². The Balaban J connectivity index is 2.36. The average Bonchev–Trinajstić information content (AvgIpc) is 2.36. The van der Waals surface area contributed by atoms with Crippen molar-refractivity contribution in [1.82, 2.24) is 10.2 Å². The molecule has 3 N–H and O–H groups in total. The van der Waals surface area contributed by atoms with Gasteiger partial charge in [-0.05, 0) is 40.2 Å². The van der Waals surface area contributed by atoms with Crippen LogP contribution in [0.15, 0.2) is 4.99 Å². The van der Waals surface area contributed by atoms with Crippen LogP contribution in [0.5, 0.6) is 0 Å². The molecular weight excluding hydrogens is 240 g/mol. The Bertz CT molecular complexity index is 283. The summed E-state index contributed by atoms with van der Waals surface area (Å²) < 4.78 is 5.06. The lowest BCUT2D eigenvalue weighted by Gasteiger charge is -2.37. The third-order valence-electron chi connectivity index (χ3n) is 3.76. The number of nitrogens with two attached hydrogens (primary N) is 1. The van der Waals surface area contributed by atoms with Gasteiger partial charge >= 0.3 is 0 Å². The molecule has 3 unspecified atom stereocenters. The summed E-state index contributed by atoms with van der Waals surface area (Å²) in [4.78, 5) is 6.98. The SMILES string of the molecule is COCC(C)NC(N)=NCC(C)N1CCCCC1C. The maximum absolute atomic E-state index is 5.88. The molecule has 5 nitrogen and oxygen atoms in total. The highest BCUT2D eigenvalue weighted by Gasteiger charge is 2.22. The lowest BCUT2D eigenvalue weighted by atomic mass is 10.0. The zero-order chi connectivity index (χ0) is 14.3. The molecule has 0 radical (unpaired) electrons. The minimum Gasteiger partial charge on any atom is -0.383 e. The highest BCUT2D eigenvalue weighted by atomic mass is 16.5. The Hall–Kier alpha value is -0.810. The number of rotatable bonds is 6. The molecule has 0 aromatic carbocycles. The maximum atomic E-state index is 5.88. The normalized spacial score (nSPS) is 25.1. The number of aliphatic imine (C=N–C) groups is 1. The minimum absolute atomic E-state index is 0.193. The molecule has 5 heteroatoms. The average molecular weight is 270 g/mol. The van der Waals surface area contributed by atoms with E-state index in [1.165, 1.54) is 25.8 Å². The van der Waals surface area contributed by atoms with Gasteiger partial charge in [-0.3, -0.25) is 9.89 Å². The molecule has 0 saturated carbocycles. The standard InChI is InChI=1S/C14H30N4O/c1-11(10-19-4)17-14(15)16-9-13(3)18-8-6-5-7-12(18)2/h11-13H,5-10H2,1-4H3,(H3,15,16,17). The van der Waals surface area contributed by atoms with Crippen LogP contribution in [0.4, 0.5) is 0 Å². The van der Waals surface area contributed by atoms with Gasteiger partial charge in [0.25, 0.3) is 0 Å². The summed E-state index contributed by atoms with van der Waals surface area (Å²) in [6, 6.07) is 1.31. The van der Waals surface area contributed by atoms with Crippen molar-refractivity contribution in [3.8, 4) is 0 Å². The first-order valence-corrected chi connectivity index (χ1v) is 7.35. The van der Waals surface area contributed by atoms with Crippen molar-refractivity contribution in [2.45, 2.75) is 58.2 Å². The molecule has 3 atom stereocenters. The molecular formula is C14H30N4O. The second-order valence-electron chi connectivity index (χ2n) is 5.66. The maximum Gasteiger partial charge on any atom is 0.188 e. The monoisotopic (exact) mass is 270 g/mol.